The third kappa shape index (κ3) is 3.94. The average Bonchev–Trinajstić information content (AvgIpc) is 3.21. The van der Waals surface area contributed by atoms with Crippen LogP contribution in [0.25, 0.3) is 17.1 Å². The van der Waals surface area contributed by atoms with Crippen molar-refractivity contribution in [3.63, 3.8) is 0 Å². The van der Waals surface area contributed by atoms with Crippen molar-refractivity contribution in [1.29, 1.82) is 0 Å². The van der Waals surface area contributed by atoms with Crippen molar-refractivity contribution in [2.24, 2.45) is 5.92 Å². The highest BCUT2D eigenvalue weighted by Gasteiger charge is 2.19. The molecule has 3 aromatic rings. The van der Waals surface area contributed by atoms with E-state index in [0.717, 1.165) is 12.1 Å². The zero-order valence-corrected chi connectivity index (χ0v) is 15.6. The Labute approximate surface area is 156 Å². The van der Waals surface area contributed by atoms with Gasteiger partial charge in [0.1, 0.15) is 0 Å². The highest BCUT2D eigenvalue weighted by Crippen LogP contribution is 2.24. The fourth-order valence-corrected chi connectivity index (χ4v) is 2.64. The Morgan fingerprint density at radius 3 is 2.85 bits per heavy atom. The summed E-state index contributed by atoms with van der Waals surface area (Å²) >= 11 is 6.22. The lowest BCUT2D eigenvalue weighted by Gasteiger charge is -2.04. The summed E-state index contributed by atoms with van der Waals surface area (Å²) in [5.74, 6) is 0.385. The van der Waals surface area contributed by atoms with Gasteiger partial charge in [0.2, 0.25) is 5.82 Å². The fraction of sp³-hybridized carbons (Fsp3) is 0.333. The number of hydrogen-bond donors (Lipinski definition) is 1. The minimum absolute atomic E-state index is 0.0614. The van der Waals surface area contributed by atoms with Crippen LogP contribution < -0.4 is 5.32 Å². The van der Waals surface area contributed by atoms with Crippen molar-refractivity contribution >= 4 is 17.5 Å². The SMILES string of the molecule is Cc1nn(-c2ccccc2Cl)cc1-c1noc(C(=O)NCCC(C)C)n1. The van der Waals surface area contributed by atoms with Gasteiger partial charge in [-0.25, -0.2) is 4.68 Å². The monoisotopic (exact) mass is 373 g/mol. The molecule has 0 bridgehead atoms. The first kappa shape index (κ1) is 18.1. The Balaban J connectivity index is 1.80. The molecule has 0 unspecified atom stereocenters. The Kier molecular flexibility index (Phi) is 5.37. The molecule has 0 atom stereocenters. The van der Waals surface area contributed by atoms with Crippen LogP contribution in [0, 0.1) is 12.8 Å². The van der Waals surface area contributed by atoms with Crippen molar-refractivity contribution in [3.05, 3.63) is 47.1 Å². The van der Waals surface area contributed by atoms with Crippen LogP contribution in [-0.4, -0.2) is 32.4 Å². The van der Waals surface area contributed by atoms with E-state index >= 15 is 0 Å². The van der Waals surface area contributed by atoms with Crippen molar-refractivity contribution < 1.29 is 9.32 Å². The molecule has 7 nitrogen and oxygen atoms in total. The van der Waals surface area contributed by atoms with Gasteiger partial charge in [-0.15, -0.1) is 0 Å². The number of benzene rings is 1. The molecule has 0 saturated carbocycles. The minimum atomic E-state index is -0.374. The number of rotatable bonds is 6. The van der Waals surface area contributed by atoms with E-state index in [1.54, 1.807) is 16.9 Å². The van der Waals surface area contributed by atoms with Crippen molar-refractivity contribution in [2.45, 2.75) is 27.2 Å². The van der Waals surface area contributed by atoms with Gasteiger partial charge in [-0.1, -0.05) is 42.7 Å². The van der Waals surface area contributed by atoms with E-state index in [2.05, 4.69) is 34.4 Å². The predicted molar refractivity (Wildman–Crippen MR) is 98.4 cm³/mol. The number of nitrogens with zero attached hydrogens (tertiary/aromatic N) is 4. The van der Waals surface area contributed by atoms with Gasteiger partial charge in [-0.2, -0.15) is 10.1 Å². The lowest BCUT2D eigenvalue weighted by atomic mass is 10.1. The van der Waals surface area contributed by atoms with E-state index in [9.17, 15) is 4.79 Å². The second-order valence-electron chi connectivity index (χ2n) is 6.39. The molecular formula is C18H20ClN5O2. The molecule has 2 aromatic heterocycles. The van der Waals surface area contributed by atoms with Gasteiger partial charge < -0.3 is 9.84 Å². The number of nitrogens with one attached hydrogen (secondary N) is 1. The van der Waals surface area contributed by atoms with E-state index in [1.165, 1.54) is 0 Å². The molecule has 8 heteroatoms. The molecule has 3 rings (SSSR count). The topological polar surface area (TPSA) is 85.8 Å². The van der Waals surface area contributed by atoms with Crippen molar-refractivity contribution in [1.82, 2.24) is 25.2 Å². The molecule has 2 heterocycles. The first-order valence-electron chi connectivity index (χ1n) is 8.39. The standard InChI is InChI=1S/C18H20ClN5O2/c1-11(2)8-9-20-17(25)18-21-16(23-26-18)13-10-24(22-12(13)3)15-7-5-4-6-14(15)19/h4-7,10-11H,8-9H2,1-3H3,(H,20,25). The summed E-state index contributed by atoms with van der Waals surface area (Å²) < 4.78 is 6.75. The molecule has 0 aliphatic rings. The smallest absolute Gasteiger partial charge is 0.316 e. The van der Waals surface area contributed by atoms with Gasteiger partial charge >= 0.3 is 11.8 Å². The molecule has 0 radical (unpaired) electrons. The summed E-state index contributed by atoms with van der Waals surface area (Å²) in [7, 11) is 0. The van der Waals surface area contributed by atoms with Crippen molar-refractivity contribution in [2.75, 3.05) is 6.54 Å². The molecule has 1 N–H and O–H groups in total. The van der Waals surface area contributed by atoms with Gasteiger partial charge in [0, 0.05) is 12.7 Å². The number of amides is 1. The maximum absolute atomic E-state index is 12.1. The first-order chi connectivity index (χ1) is 12.5. The minimum Gasteiger partial charge on any atom is -0.348 e. The van der Waals surface area contributed by atoms with Crippen LogP contribution in [0.5, 0.6) is 0 Å². The molecule has 1 aromatic carbocycles. The fourth-order valence-electron chi connectivity index (χ4n) is 2.42. The Morgan fingerprint density at radius 2 is 2.12 bits per heavy atom. The zero-order valence-electron chi connectivity index (χ0n) is 14.9. The van der Waals surface area contributed by atoms with Crippen LogP contribution in [0.4, 0.5) is 0 Å². The Bertz CT molecular complexity index is 916. The largest absolute Gasteiger partial charge is 0.348 e. The Hall–Kier alpha value is -2.67. The molecule has 1 amide bonds. The molecule has 0 saturated heterocycles. The quantitative estimate of drug-likeness (QED) is 0.712. The van der Waals surface area contributed by atoms with E-state index in [0.29, 0.717) is 34.6 Å². The molecule has 0 aliphatic carbocycles. The molecular weight excluding hydrogens is 354 g/mol. The van der Waals surface area contributed by atoms with Gasteiger partial charge in [-0.3, -0.25) is 4.79 Å². The molecule has 0 spiro atoms. The highest BCUT2D eigenvalue weighted by molar-refractivity contribution is 6.32. The highest BCUT2D eigenvalue weighted by atomic mass is 35.5. The number of carbonyl (C=O) groups excluding carboxylic acids is 1. The van der Waals surface area contributed by atoms with E-state index in [1.807, 2.05) is 25.1 Å². The van der Waals surface area contributed by atoms with E-state index < -0.39 is 0 Å². The van der Waals surface area contributed by atoms with Gasteiger partial charge in [0.25, 0.3) is 0 Å². The number of carbonyl (C=O) groups is 1. The van der Waals surface area contributed by atoms with Crippen LogP contribution in [0.15, 0.2) is 35.0 Å². The van der Waals surface area contributed by atoms with Crippen LogP contribution in [0.2, 0.25) is 5.02 Å². The summed E-state index contributed by atoms with van der Waals surface area (Å²) in [6.07, 6.45) is 2.65. The first-order valence-corrected chi connectivity index (χ1v) is 8.77. The number of halogens is 1. The number of aryl methyl sites for hydroxylation is 1. The zero-order chi connectivity index (χ0) is 18.7. The summed E-state index contributed by atoms with van der Waals surface area (Å²) in [5, 5.41) is 11.7. The normalized spacial score (nSPS) is 11.1. The summed E-state index contributed by atoms with van der Waals surface area (Å²) in [6.45, 7) is 6.59. The van der Waals surface area contributed by atoms with Gasteiger partial charge in [0.15, 0.2) is 0 Å². The van der Waals surface area contributed by atoms with Crippen LogP contribution in [-0.2, 0) is 0 Å². The third-order valence-corrected chi connectivity index (χ3v) is 4.19. The Morgan fingerprint density at radius 1 is 1.35 bits per heavy atom. The van der Waals surface area contributed by atoms with E-state index in [-0.39, 0.29) is 11.8 Å². The third-order valence-electron chi connectivity index (χ3n) is 3.87. The van der Waals surface area contributed by atoms with Crippen LogP contribution >= 0.6 is 11.6 Å². The maximum atomic E-state index is 12.1. The van der Waals surface area contributed by atoms with Crippen LogP contribution in [0.3, 0.4) is 0 Å². The van der Waals surface area contributed by atoms with Gasteiger partial charge in [0.05, 0.1) is 22.0 Å². The second-order valence-corrected chi connectivity index (χ2v) is 6.79. The molecule has 0 fully saturated rings. The van der Waals surface area contributed by atoms with E-state index in [4.69, 9.17) is 16.1 Å². The molecule has 136 valence electrons. The summed E-state index contributed by atoms with van der Waals surface area (Å²) in [4.78, 5) is 16.3. The number of hydrogen-bond acceptors (Lipinski definition) is 5. The molecule has 26 heavy (non-hydrogen) atoms. The van der Waals surface area contributed by atoms with Crippen LogP contribution in [0.1, 0.15) is 36.6 Å². The lowest BCUT2D eigenvalue weighted by Crippen LogP contribution is -2.25. The average molecular weight is 374 g/mol. The molecule has 0 aliphatic heterocycles. The number of aromatic nitrogens is 4. The lowest BCUT2D eigenvalue weighted by molar-refractivity contribution is 0.0908. The number of para-hydroxylation sites is 1. The predicted octanol–water partition coefficient (Wildman–Crippen LogP) is 3.66. The maximum Gasteiger partial charge on any atom is 0.316 e. The van der Waals surface area contributed by atoms with Gasteiger partial charge in [-0.05, 0) is 31.4 Å². The van der Waals surface area contributed by atoms with Crippen molar-refractivity contribution in [3.8, 4) is 17.1 Å². The summed E-state index contributed by atoms with van der Waals surface area (Å²) in [6, 6.07) is 7.39. The summed E-state index contributed by atoms with van der Waals surface area (Å²) in [5.41, 5.74) is 2.13. The second kappa shape index (κ2) is 7.70.